The zero-order valence-electron chi connectivity index (χ0n) is 18.0. The van der Waals surface area contributed by atoms with Crippen molar-refractivity contribution < 1.29 is 4.79 Å². The first-order valence-corrected chi connectivity index (χ1v) is 10.8. The first-order valence-electron chi connectivity index (χ1n) is 10.8. The molecule has 9 nitrogen and oxygen atoms in total. The van der Waals surface area contributed by atoms with E-state index in [1.165, 1.54) is 15.1 Å². The Labute approximate surface area is 183 Å². The lowest BCUT2D eigenvalue weighted by Crippen LogP contribution is -2.41. The molecule has 5 rings (SSSR count). The van der Waals surface area contributed by atoms with Crippen LogP contribution in [0.1, 0.15) is 53.0 Å². The van der Waals surface area contributed by atoms with Gasteiger partial charge in [0.15, 0.2) is 5.65 Å². The van der Waals surface area contributed by atoms with E-state index in [1.807, 2.05) is 19.9 Å². The standard InChI is InChI=1S/C23H24N6O3/c1-3-16-14(2)25-20-11-18(26-29(20)23(16)32)15-7-6-9-27(13-15)21(30)17-12-24-19-8-4-5-10-28(19)22(17)31/h4-5,8,10-12,15,26H,3,6-7,9,13H2,1-2H3. The van der Waals surface area contributed by atoms with Crippen LogP contribution in [0, 0.1) is 6.92 Å². The highest BCUT2D eigenvalue weighted by atomic mass is 16.2. The number of H-pyrrole nitrogens is 1. The van der Waals surface area contributed by atoms with E-state index >= 15 is 0 Å². The molecule has 1 N–H and O–H groups in total. The number of piperidine rings is 1. The second kappa shape index (κ2) is 7.74. The van der Waals surface area contributed by atoms with E-state index in [-0.39, 0.29) is 28.5 Å². The Kier molecular flexibility index (Phi) is 4.88. The highest BCUT2D eigenvalue weighted by Gasteiger charge is 2.28. The Balaban J connectivity index is 1.45. The van der Waals surface area contributed by atoms with Crippen molar-refractivity contribution in [2.75, 3.05) is 13.1 Å². The van der Waals surface area contributed by atoms with Gasteiger partial charge in [0.1, 0.15) is 11.2 Å². The van der Waals surface area contributed by atoms with Gasteiger partial charge in [0, 0.05) is 54.4 Å². The molecule has 1 fully saturated rings. The van der Waals surface area contributed by atoms with Crippen molar-refractivity contribution in [3.05, 3.63) is 79.9 Å². The van der Waals surface area contributed by atoms with Crippen LogP contribution in [0.15, 0.2) is 46.2 Å². The van der Waals surface area contributed by atoms with E-state index in [2.05, 4.69) is 15.1 Å². The Bertz CT molecular complexity index is 1460. The van der Waals surface area contributed by atoms with Crippen molar-refractivity contribution in [2.24, 2.45) is 0 Å². The summed E-state index contributed by atoms with van der Waals surface area (Å²) in [6, 6.07) is 7.14. The first kappa shape index (κ1) is 20.2. The first-order chi connectivity index (χ1) is 15.5. The molecule has 0 aromatic carbocycles. The van der Waals surface area contributed by atoms with Gasteiger partial charge in [0.05, 0.1) is 0 Å². The number of hydrogen-bond acceptors (Lipinski definition) is 5. The fraction of sp³-hybridized carbons (Fsp3) is 0.348. The lowest BCUT2D eigenvalue weighted by Gasteiger charge is -2.32. The molecule has 32 heavy (non-hydrogen) atoms. The number of rotatable bonds is 3. The number of carbonyl (C=O) groups excluding carboxylic acids is 1. The molecule has 1 saturated heterocycles. The third kappa shape index (κ3) is 3.21. The van der Waals surface area contributed by atoms with Crippen LogP contribution in [-0.2, 0) is 6.42 Å². The third-order valence-corrected chi connectivity index (χ3v) is 6.28. The number of carbonyl (C=O) groups is 1. The van der Waals surface area contributed by atoms with Gasteiger partial charge < -0.3 is 4.90 Å². The number of aryl methyl sites for hydroxylation is 1. The molecule has 0 spiro atoms. The SMILES string of the molecule is CCc1c(C)nc2cc(C3CCCN(C(=O)c4cnc5ccccn5c4=O)C3)[nH]n2c1=O. The van der Waals surface area contributed by atoms with Crippen LogP contribution in [0.2, 0.25) is 0 Å². The lowest BCUT2D eigenvalue weighted by molar-refractivity contribution is 0.0703. The molecule has 0 saturated carbocycles. The van der Waals surface area contributed by atoms with Gasteiger partial charge in [0.25, 0.3) is 17.0 Å². The molecular formula is C23H24N6O3. The van der Waals surface area contributed by atoms with E-state index in [0.29, 0.717) is 36.4 Å². The summed E-state index contributed by atoms with van der Waals surface area (Å²) in [7, 11) is 0. The molecule has 0 aliphatic carbocycles. The Hall–Kier alpha value is -3.75. The minimum atomic E-state index is -0.369. The molecule has 4 aromatic rings. The number of aromatic nitrogens is 5. The van der Waals surface area contributed by atoms with Crippen LogP contribution >= 0.6 is 0 Å². The summed E-state index contributed by atoms with van der Waals surface area (Å²) in [5.74, 6) is -0.295. The van der Waals surface area contributed by atoms with Gasteiger partial charge in [-0.3, -0.25) is 23.9 Å². The number of hydrogen-bond donors (Lipinski definition) is 1. The second-order valence-electron chi connectivity index (χ2n) is 8.24. The Morgan fingerprint density at radius 1 is 1.22 bits per heavy atom. The fourth-order valence-electron chi connectivity index (χ4n) is 4.56. The summed E-state index contributed by atoms with van der Waals surface area (Å²) in [4.78, 5) is 49.3. The minimum absolute atomic E-state index is 0.0235. The average molecular weight is 432 g/mol. The number of pyridine rings is 1. The van der Waals surface area contributed by atoms with Gasteiger partial charge in [-0.2, -0.15) is 0 Å². The molecule has 1 amide bonds. The fourth-order valence-corrected chi connectivity index (χ4v) is 4.56. The highest BCUT2D eigenvalue weighted by Crippen LogP contribution is 2.27. The van der Waals surface area contributed by atoms with Crippen LogP contribution < -0.4 is 11.1 Å². The molecule has 4 aromatic heterocycles. The maximum atomic E-state index is 13.2. The summed E-state index contributed by atoms with van der Waals surface area (Å²) in [5.41, 5.74) is 3.00. The van der Waals surface area contributed by atoms with Crippen molar-refractivity contribution in [3.8, 4) is 0 Å². The normalized spacial score (nSPS) is 16.7. The largest absolute Gasteiger partial charge is 0.338 e. The van der Waals surface area contributed by atoms with Gasteiger partial charge in [-0.05, 0) is 38.3 Å². The van der Waals surface area contributed by atoms with Crippen molar-refractivity contribution in [1.29, 1.82) is 0 Å². The number of aromatic amines is 1. The molecule has 1 aliphatic heterocycles. The van der Waals surface area contributed by atoms with E-state index in [0.717, 1.165) is 24.2 Å². The van der Waals surface area contributed by atoms with Gasteiger partial charge in [0.2, 0.25) is 0 Å². The molecule has 9 heteroatoms. The molecule has 0 bridgehead atoms. The van der Waals surface area contributed by atoms with E-state index in [1.54, 1.807) is 29.3 Å². The minimum Gasteiger partial charge on any atom is -0.338 e. The maximum absolute atomic E-state index is 13.2. The topological polar surface area (TPSA) is 105 Å². The quantitative estimate of drug-likeness (QED) is 0.533. The van der Waals surface area contributed by atoms with Gasteiger partial charge in [-0.15, -0.1) is 0 Å². The number of fused-ring (bicyclic) bond motifs is 2. The monoisotopic (exact) mass is 432 g/mol. The second-order valence-corrected chi connectivity index (χ2v) is 8.24. The van der Waals surface area contributed by atoms with Crippen molar-refractivity contribution >= 4 is 17.2 Å². The molecule has 1 atom stereocenters. The molecule has 164 valence electrons. The van der Waals surface area contributed by atoms with Crippen LogP contribution in [0.5, 0.6) is 0 Å². The predicted molar refractivity (Wildman–Crippen MR) is 119 cm³/mol. The van der Waals surface area contributed by atoms with Gasteiger partial charge in [-0.25, -0.2) is 14.5 Å². The lowest BCUT2D eigenvalue weighted by atomic mass is 9.94. The zero-order valence-corrected chi connectivity index (χ0v) is 18.0. The highest BCUT2D eigenvalue weighted by molar-refractivity contribution is 5.93. The van der Waals surface area contributed by atoms with E-state index in [9.17, 15) is 14.4 Å². The summed E-state index contributed by atoms with van der Waals surface area (Å²) in [6.45, 7) is 4.82. The number of nitrogens with one attached hydrogen (secondary N) is 1. The molecule has 1 unspecified atom stereocenters. The average Bonchev–Trinajstić information content (AvgIpc) is 3.24. The summed E-state index contributed by atoms with van der Waals surface area (Å²) in [5, 5.41) is 3.20. The van der Waals surface area contributed by atoms with E-state index < -0.39 is 0 Å². The van der Waals surface area contributed by atoms with Crippen molar-refractivity contribution in [2.45, 2.75) is 39.0 Å². The van der Waals surface area contributed by atoms with Crippen LogP contribution in [0.3, 0.4) is 0 Å². The smallest absolute Gasteiger partial charge is 0.276 e. The number of amides is 1. The zero-order chi connectivity index (χ0) is 22.4. The maximum Gasteiger partial charge on any atom is 0.276 e. The van der Waals surface area contributed by atoms with E-state index in [4.69, 9.17) is 0 Å². The molecule has 0 radical (unpaired) electrons. The van der Waals surface area contributed by atoms with Crippen LogP contribution in [0.25, 0.3) is 11.3 Å². The Morgan fingerprint density at radius 2 is 2.06 bits per heavy atom. The molecule has 1 aliphatic rings. The third-order valence-electron chi connectivity index (χ3n) is 6.28. The molecule has 5 heterocycles. The van der Waals surface area contributed by atoms with Gasteiger partial charge in [-0.1, -0.05) is 13.0 Å². The van der Waals surface area contributed by atoms with Crippen LogP contribution in [-0.4, -0.2) is 47.9 Å². The number of nitrogens with zero attached hydrogens (tertiary/aromatic N) is 5. The van der Waals surface area contributed by atoms with Crippen LogP contribution in [0.4, 0.5) is 0 Å². The Morgan fingerprint density at radius 3 is 2.88 bits per heavy atom. The predicted octanol–water partition coefficient (Wildman–Crippen LogP) is 1.92. The summed E-state index contributed by atoms with van der Waals surface area (Å²) in [6.07, 6.45) is 5.28. The summed E-state index contributed by atoms with van der Waals surface area (Å²) < 4.78 is 2.87. The number of likely N-dealkylation sites (tertiary alicyclic amines) is 1. The van der Waals surface area contributed by atoms with Crippen molar-refractivity contribution in [1.82, 2.24) is 28.9 Å². The summed E-state index contributed by atoms with van der Waals surface area (Å²) >= 11 is 0. The molecular weight excluding hydrogens is 408 g/mol. The van der Waals surface area contributed by atoms with Gasteiger partial charge >= 0.3 is 0 Å². The van der Waals surface area contributed by atoms with Crippen molar-refractivity contribution in [3.63, 3.8) is 0 Å².